The van der Waals surface area contributed by atoms with Crippen molar-refractivity contribution in [2.45, 2.75) is 58.2 Å². The number of aromatic nitrogens is 2. The van der Waals surface area contributed by atoms with Gasteiger partial charge in [-0.3, -0.25) is 14.4 Å². The van der Waals surface area contributed by atoms with Crippen LogP contribution in [0.25, 0.3) is 10.4 Å². The Hall–Kier alpha value is -3.64. The molecule has 4 atom stereocenters. The highest BCUT2D eigenvalue weighted by atomic mass is 32.1. The molecule has 1 aromatic carbocycles. The van der Waals surface area contributed by atoms with Crippen LogP contribution in [0.4, 0.5) is 4.39 Å². The summed E-state index contributed by atoms with van der Waals surface area (Å²) in [4.78, 5) is 43.9. The van der Waals surface area contributed by atoms with Gasteiger partial charge in [0.1, 0.15) is 24.4 Å². The third-order valence-electron chi connectivity index (χ3n) is 6.74. The van der Waals surface area contributed by atoms with Crippen molar-refractivity contribution in [3.05, 3.63) is 52.6 Å². The first-order chi connectivity index (χ1) is 18.6. The molecule has 3 aromatic rings. The second-order valence-corrected chi connectivity index (χ2v) is 10.8. The number of aldehydes is 1. The summed E-state index contributed by atoms with van der Waals surface area (Å²) in [6, 6.07) is 4.64. The molecule has 0 saturated carbocycles. The molecule has 2 amide bonds. The van der Waals surface area contributed by atoms with Crippen LogP contribution in [0.5, 0.6) is 5.88 Å². The number of amides is 2. The predicted molar refractivity (Wildman–Crippen MR) is 141 cm³/mol. The maximum atomic E-state index is 15.1. The van der Waals surface area contributed by atoms with Crippen LogP contribution in [0.2, 0.25) is 0 Å². The number of nitrogens with zero attached hydrogens (tertiary/aromatic N) is 3. The first-order valence-electron chi connectivity index (χ1n) is 12.6. The van der Waals surface area contributed by atoms with E-state index >= 15 is 4.39 Å². The van der Waals surface area contributed by atoms with E-state index in [1.54, 1.807) is 24.6 Å². The highest BCUT2D eigenvalue weighted by Gasteiger charge is 2.43. The van der Waals surface area contributed by atoms with E-state index in [4.69, 9.17) is 9.26 Å². The zero-order valence-electron chi connectivity index (χ0n) is 22.1. The molecule has 10 nitrogen and oxygen atoms in total. The molecule has 2 unspecified atom stereocenters. The lowest BCUT2D eigenvalue weighted by Gasteiger charge is -2.29. The number of benzene rings is 1. The molecule has 3 heterocycles. The first kappa shape index (κ1) is 28.4. The fraction of sp³-hybridized carbons (Fsp3) is 0.444. The molecule has 2 aromatic heterocycles. The summed E-state index contributed by atoms with van der Waals surface area (Å²) < 4.78 is 25.5. The van der Waals surface area contributed by atoms with E-state index in [0.717, 1.165) is 10.6 Å². The van der Waals surface area contributed by atoms with Crippen molar-refractivity contribution in [2.24, 2.45) is 5.92 Å². The number of ether oxygens (including phenoxy) is 1. The Morgan fingerprint density at radius 2 is 2.10 bits per heavy atom. The van der Waals surface area contributed by atoms with Crippen molar-refractivity contribution < 1.29 is 33.1 Å². The minimum Gasteiger partial charge on any atom is -0.468 e. The molecule has 0 radical (unpaired) electrons. The molecule has 208 valence electrons. The van der Waals surface area contributed by atoms with E-state index in [-0.39, 0.29) is 37.1 Å². The third-order valence-corrected chi connectivity index (χ3v) is 7.72. The number of carbonyl (C=O) groups excluding carboxylic acids is 3. The summed E-state index contributed by atoms with van der Waals surface area (Å²) in [5.41, 5.74) is 3.52. The zero-order valence-corrected chi connectivity index (χ0v) is 22.9. The van der Waals surface area contributed by atoms with Gasteiger partial charge >= 0.3 is 0 Å². The normalized spacial score (nSPS) is 18.7. The number of thiazole rings is 1. The van der Waals surface area contributed by atoms with E-state index in [1.807, 2.05) is 20.8 Å². The number of halogens is 1. The SMILES string of the molecule is Cc1ncsc1-c1ccc(C(C)NC(=O)[C@@H]2C[C@@H](O)CN2C(=O)C(c2cc(OCC=O)no2)C(C)C)c(F)c1. The number of β-amino-alcohol motifs (C(OH)–C–C–N with tert-alkyl or cyclic N) is 1. The molecule has 1 fully saturated rings. The van der Waals surface area contributed by atoms with Crippen molar-refractivity contribution in [3.63, 3.8) is 0 Å². The quantitative estimate of drug-likeness (QED) is 0.362. The van der Waals surface area contributed by atoms with Crippen molar-refractivity contribution in [1.29, 1.82) is 0 Å². The fourth-order valence-electron chi connectivity index (χ4n) is 4.81. The fourth-order valence-corrected chi connectivity index (χ4v) is 5.61. The summed E-state index contributed by atoms with van der Waals surface area (Å²) in [7, 11) is 0. The Bertz CT molecular complexity index is 1340. The van der Waals surface area contributed by atoms with Crippen LogP contribution in [0, 0.1) is 18.7 Å². The van der Waals surface area contributed by atoms with Crippen LogP contribution in [-0.4, -0.2) is 63.5 Å². The molecular formula is C27H31FN4O6S. The molecule has 39 heavy (non-hydrogen) atoms. The lowest BCUT2D eigenvalue weighted by Crippen LogP contribution is -2.48. The Kier molecular flexibility index (Phi) is 8.76. The van der Waals surface area contributed by atoms with E-state index < -0.39 is 41.7 Å². The van der Waals surface area contributed by atoms with Crippen LogP contribution in [0.1, 0.15) is 56.2 Å². The second kappa shape index (κ2) is 12.0. The van der Waals surface area contributed by atoms with Gasteiger partial charge in [-0.1, -0.05) is 26.0 Å². The summed E-state index contributed by atoms with van der Waals surface area (Å²) >= 11 is 1.42. The van der Waals surface area contributed by atoms with E-state index in [9.17, 15) is 19.5 Å². The standard InChI is InChI=1S/C27H31FN4O6S/c1-14(2)24(22-11-23(31-38-22)37-8-7-33)27(36)32-12-18(34)10-21(32)26(35)30-15(3)19-6-5-17(9-20(19)28)25-16(4)29-13-39-25/h5-7,9,11,13-15,18,21,24,34H,8,10,12H2,1-4H3,(H,30,35)/t15?,18-,21+,24?/m1/s1. The largest absolute Gasteiger partial charge is 0.468 e. The van der Waals surface area contributed by atoms with Gasteiger partial charge in [-0.25, -0.2) is 9.37 Å². The Morgan fingerprint density at radius 1 is 1.33 bits per heavy atom. The van der Waals surface area contributed by atoms with Gasteiger partial charge in [0.25, 0.3) is 5.88 Å². The van der Waals surface area contributed by atoms with Gasteiger partial charge in [-0.15, -0.1) is 11.3 Å². The van der Waals surface area contributed by atoms with Gasteiger partial charge < -0.3 is 24.6 Å². The summed E-state index contributed by atoms with van der Waals surface area (Å²) in [6.07, 6.45) is -0.282. The van der Waals surface area contributed by atoms with Crippen LogP contribution in [0.3, 0.4) is 0 Å². The average molecular weight is 559 g/mol. The van der Waals surface area contributed by atoms with Gasteiger partial charge in [0.05, 0.1) is 28.2 Å². The maximum Gasteiger partial charge on any atom is 0.254 e. The number of aliphatic hydroxyl groups is 1. The molecule has 0 bridgehead atoms. The summed E-state index contributed by atoms with van der Waals surface area (Å²) in [5.74, 6) is -2.12. The third kappa shape index (κ3) is 6.17. The molecule has 4 rings (SSSR count). The Morgan fingerprint density at radius 3 is 2.74 bits per heavy atom. The number of aryl methyl sites for hydroxylation is 1. The lowest BCUT2D eigenvalue weighted by atomic mass is 9.91. The van der Waals surface area contributed by atoms with E-state index in [1.165, 1.54) is 28.4 Å². The molecule has 1 aliphatic rings. The van der Waals surface area contributed by atoms with Gasteiger partial charge in [-0.2, -0.15) is 0 Å². The van der Waals surface area contributed by atoms with E-state index in [0.29, 0.717) is 17.4 Å². The Balaban J connectivity index is 1.49. The second-order valence-electron chi connectivity index (χ2n) is 9.90. The predicted octanol–water partition coefficient (Wildman–Crippen LogP) is 3.40. The van der Waals surface area contributed by atoms with Crippen molar-refractivity contribution >= 4 is 29.4 Å². The number of hydrogen-bond acceptors (Lipinski definition) is 9. The minimum absolute atomic E-state index is 0.0333. The van der Waals surface area contributed by atoms with Crippen LogP contribution in [0.15, 0.2) is 34.3 Å². The maximum absolute atomic E-state index is 15.1. The van der Waals surface area contributed by atoms with Crippen molar-refractivity contribution in [3.8, 4) is 16.3 Å². The van der Waals surface area contributed by atoms with Crippen molar-refractivity contribution in [2.75, 3.05) is 13.2 Å². The van der Waals surface area contributed by atoms with Gasteiger partial charge in [0, 0.05) is 24.6 Å². The van der Waals surface area contributed by atoms with Gasteiger partial charge in [0.2, 0.25) is 11.8 Å². The summed E-state index contributed by atoms with van der Waals surface area (Å²) in [5, 5.41) is 16.9. The number of nitrogens with one attached hydrogen (secondary N) is 1. The number of aliphatic hydroxyl groups excluding tert-OH is 1. The van der Waals surface area contributed by atoms with Gasteiger partial charge in [-0.05, 0) is 36.6 Å². The zero-order chi connectivity index (χ0) is 28.3. The van der Waals surface area contributed by atoms with Crippen molar-refractivity contribution in [1.82, 2.24) is 20.4 Å². The van der Waals surface area contributed by atoms with Crippen LogP contribution >= 0.6 is 11.3 Å². The number of likely N-dealkylation sites (tertiary alicyclic amines) is 1. The van der Waals surface area contributed by atoms with Crippen LogP contribution < -0.4 is 10.1 Å². The number of hydrogen-bond donors (Lipinski definition) is 2. The first-order valence-corrected chi connectivity index (χ1v) is 13.5. The number of rotatable bonds is 10. The number of carbonyl (C=O) groups is 3. The molecule has 0 spiro atoms. The Labute approximate surface area is 229 Å². The molecule has 2 N–H and O–H groups in total. The molecule has 0 aliphatic carbocycles. The smallest absolute Gasteiger partial charge is 0.254 e. The average Bonchev–Trinajstić information content (AvgIpc) is 3.62. The van der Waals surface area contributed by atoms with E-state index in [2.05, 4.69) is 15.5 Å². The monoisotopic (exact) mass is 558 g/mol. The topological polar surface area (TPSA) is 135 Å². The lowest BCUT2D eigenvalue weighted by molar-refractivity contribution is -0.141. The molecule has 12 heteroatoms. The molecule has 1 aliphatic heterocycles. The molecular weight excluding hydrogens is 527 g/mol. The minimum atomic E-state index is -0.952. The van der Waals surface area contributed by atoms with Gasteiger partial charge in [0.15, 0.2) is 12.0 Å². The highest BCUT2D eigenvalue weighted by molar-refractivity contribution is 7.13. The highest BCUT2D eigenvalue weighted by Crippen LogP contribution is 2.33. The molecule has 1 saturated heterocycles. The van der Waals surface area contributed by atoms with Crippen LogP contribution in [-0.2, 0) is 14.4 Å². The summed E-state index contributed by atoms with van der Waals surface area (Å²) in [6.45, 7) is 6.92.